The number of piperazine rings is 1. The van der Waals surface area contributed by atoms with E-state index in [2.05, 4.69) is 27.2 Å². The molecule has 3 aromatic rings. The smallest absolute Gasteiger partial charge is 0.253 e. The zero-order valence-electron chi connectivity index (χ0n) is 15.8. The molecule has 0 bridgehead atoms. The summed E-state index contributed by atoms with van der Waals surface area (Å²) in [6, 6.07) is 15.7. The number of carbonyl (C=O) groups is 1. The monoisotopic (exact) mass is 393 g/mol. The van der Waals surface area contributed by atoms with Crippen LogP contribution in [0, 0.1) is 4.77 Å². The lowest BCUT2D eigenvalue weighted by molar-refractivity contribution is 0.0664. The second-order valence-corrected chi connectivity index (χ2v) is 7.47. The van der Waals surface area contributed by atoms with Crippen LogP contribution in [0.3, 0.4) is 0 Å². The lowest BCUT2D eigenvalue weighted by atomic mass is 10.1. The quantitative estimate of drug-likeness (QED) is 0.666. The van der Waals surface area contributed by atoms with Crippen molar-refractivity contribution in [3.8, 4) is 0 Å². The van der Waals surface area contributed by atoms with Crippen LogP contribution in [0.5, 0.6) is 0 Å². The van der Waals surface area contributed by atoms with Crippen molar-refractivity contribution >= 4 is 34.8 Å². The maximum absolute atomic E-state index is 12.6. The molecule has 6 nitrogen and oxygen atoms in total. The van der Waals surface area contributed by atoms with E-state index in [0.29, 0.717) is 11.3 Å². The lowest BCUT2D eigenvalue weighted by Gasteiger charge is -2.32. The molecule has 2 heterocycles. The fourth-order valence-electron chi connectivity index (χ4n) is 3.38. The minimum atomic E-state index is 0.106. The van der Waals surface area contributed by atoms with Crippen molar-refractivity contribution < 1.29 is 4.79 Å². The molecule has 0 radical (unpaired) electrons. The number of aromatic nitrogens is 2. The van der Waals surface area contributed by atoms with Gasteiger partial charge in [0.2, 0.25) is 0 Å². The first-order valence-electron chi connectivity index (χ1n) is 9.40. The standard InChI is InChI=1S/C21H23N5OS/c1-25-10-12-26(13-11-25)20(27)16-8-6-15(7-9-16)14-22-19-17-4-2-3-5-18(17)23-21(28)24-19/h2-9H,10-14H2,1H3,(H2,22,23,24,28). The first-order valence-corrected chi connectivity index (χ1v) is 9.81. The van der Waals surface area contributed by atoms with Gasteiger partial charge in [-0.3, -0.25) is 4.79 Å². The number of H-pyrrole nitrogens is 1. The Morgan fingerprint density at radius 1 is 1.11 bits per heavy atom. The molecule has 2 N–H and O–H groups in total. The van der Waals surface area contributed by atoms with Gasteiger partial charge in [0.15, 0.2) is 4.77 Å². The number of amides is 1. The average molecular weight is 394 g/mol. The number of benzene rings is 2. The fourth-order valence-corrected chi connectivity index (χ4v) is 3.58. The van der Waals surface area contributed by atoms with Crippen molar-refractivity contribution in [3.05, 3.63) is 64.4 Å². The molecule has 0 spiro atoms. The number of anilines is 1. The highest BCUT2D eigenvalue weighted by atomic mass is 32.1. The Balaban J connectivity index is 1.44. The molecule has 4 rings (SSSR count). The summed E-state index contributed by atoms with van der Waals surface area (Å²) >= 11 is 5.22. The third kappa shape index (κ3) is 4.05. The van der Waals surface area contributed by atoms with Gasteiger partial charge in [-0.25, -0.2) is 4.98 Å². The zero-order valence-corrected chi connectivity index (χ0v) is 16.6. The van der Waals surface area contributed by atoms with Crippen molar-refractivity contribution in [2.24, 2.45) is 0 Å². The molecule has 1 amide bonds. The van der Waals surface area contributed by atoms with Crippen molar-refractivity contribution in [1.29, 1.82) is 0 Å². The summed E-state index contributed by atoms with van der Waals surface area (Å²) in [5.41, 5.74) is 2.77. The Bertz CT molecular complexity index is 1040. The highest BCUT2D eigenvalue weighted by molar-refractivity contribution is 7.71. The molecule has 1 aliphatic rings. The van der Waals surface area contributed by atoms with E-state index in [1.807, 2.05) is 53.4 Å². The average Bonchev–Trinajstić information content (AvgIpc) is 2.72. The summed E-state index contributed by atoms with van der Waals surface area (Å²) in [5, 5.41) is 4.36. The SMILES string of the molecule is CN1CCN(C(=O)c2ccc(CNc3nc(=S)[nH]c4ccccc34)cc2)CC1. The maximum Gasteiger partial charge on any atom is 0.253 e. The van der Waals surface area contributed by atoms with Crippen molar-refractivity contribution in [2.45, 2.75) is 6.54 Å². The van der Waals surface area contributed by atoms with Gasteiger partial charge in [0.1, 0.15) is 5.82 Å². The first kappa shape index (κ1) is 18.6. The van der Waals surface area contributed by atoms with Gasteiger partial charge >= 0.3 is 0 Å². The highest BCUT2D eigenvalue weighted by Crippen LogP contribution is 2.20. The van der Waals surface area contributed by atoms with E-state index in [4.69, 9.17) is 12.2 Å². The summed E-state index contributed by atoms with van der Waals surface area (Å²) < 4.78 is 0.453. The van der Waals surface area contributed by atoms with Crippen LogP contribution in [-0.4, -0.2) is 58.9 Å². The van der Waals surface area contributed by atoms with Gasteiger partial charge in [-0.1, -0.05) is 24.3 Å². The van der Waals surface area contributed by atoms with Crippen LogP contribution in [0.25, 0.3) is 10.9 Å². The number of nitrogens with one attached hydrogen (secondary N) is 2. The Morgan fingerprint density at radius 3 is 2.57 bits per heavy atom. The first-order chi connectivity index (χ1) is 13.6. The van der Waals surface area contributed by atoms with E-state index in [-0.39, 0.29) is 5.91 Å². The van der Waals surface area contributed by atoms with E-state index in [1.165, 1.54) is 0 Å². The Hall–Kier alpha value is -2.77. The number of nitrogens with zero attached hydrogens (tertiary/aromatic N) is 3. The lowest BCUT2D eigenvalue weighted by Crippen LogP contribution is -2.47. The molecule has 0 atom stereocenters. The Labute approximate surface area is 169 Å². The topological polar surface area (TPSA) is 64.3 Å². The maximum atomic E-state index is 12.6. The van der Waals surface area contributed by atoms with Gasteiger partial charge in [0.25, 0.3) is 5.91 Å². The van der Waals surface area contributed by atoms with Crippen LogP contribution in [-0.2, 0) is 6.54 Å². The van der Waals surface area contributed by atoms with Gasteiger partial charge in [-0.05, 0) is 49.1 Å². The van der Waals surface area contributed by atoms with Crippen molar-refractivity contribution in [1.82, 2.24) is 19.8 Å². The van der Waals surface area contributed by atoms with Gasteiger partial charge in [0, 0.05) is 43.7 Å². The molecule has 7 heteroatoms. The van der Waals surface area contributed by atoms with E-state index in [0.717, 1.165) is 54.0 Å². The summed E-state index contributed by atoms with van der Waals surface area (Å²) in [6.07, 6.45) is 0. The molecule has 144 valence electrons. The van der Waals surface area contributed by atoms with Gasteiger partial charge < -0.3 is 20.1 Å². The van der Waals surface area contributed by atoms with Crippen LogP contribution in [0.4, 0.5) is 5.82 Å². The summed E-state index contributed by atoms with van der Waals surface area (Å²) in [7, 11) is 2.08. The summed E-state index contributed by atoms with van der Waals surface area (Å²) in [5.74, 6) is 0.867. The molecular weight excluding hydrogens is 370 g/mol. The number of rotatable bonds is 4. The van der Waals surface area contributed by atoms with Gasteiger partial charge in [-0.2, -0.15) is 0 Å². The van der Waals surface area contributed by atoms with E-state index in [9.17, 15) is 4.79 Å². The Morgan fingerprint density at radius 2 is 1.82 bits per heavy atom. The second-order valence-electron chi connectivity index (χ2n) is 7.08. The molecule has 1 fully saturated rings. The third-order valence-corrected chi connectivity index (χ3v) is 5.28. The minimum absolute atomic E-state index is 0.106. The molecule has 2 aromatic carbocycles. The number of fused-ring (bicyclic) bond motifs is 1. The molecule has 1 aliphatic heterocycles. The number of hydrogen-bond donors (Lipinski definition) is 2. The van der Waals surface area contributed by atoms with Crippen LogP contribution >= 0.6 is 12.2 Å². The molecule has 0 unspecified atom stereocenters. The molecule has 0 aliphatic carbocycles. The predicted octanol–water partition coefficient (Wildman–Crippen LogP) is 3.29. The summed E-state index contributed by atoms with van der Waals surface area (Å²) in [6.45, 7) is 4.03. The number of likely N-dealkylation sites (N-methyl/N-ethyl adjacent to an activating group) is 1. The Kier molecular flexibility index (Phi) is 5.36. The fraction of sp³-hybridized carbons (Fsp3) is 0.286. The molecular formula is C21H23N5OS. The molecule has 0 saturated carbocycles. The van der Waals surface area contributed by atoms with Crippen LogP contribution < -0.4 is 5.32 Å². The second kappa shape index (κ2) is 8.08. The summed E-state index contributed by atoms with van der Waals surface area (Å²) in [4.78, 5) is 24.3. The number of hydrogen-bond acceptors (Lipinski definition) is 5. The van der Waals surface area contributed by atoms with Gasteiger partial charge in [-0.15, -0.1) is 0 Å². The van der Waals surface area contributed by atoms with Crippen LogP contribution in [0.2, 0.25) is 0 Å². The van der Waals surface area contributed by atoms with Crippen molar-refractivity contribution in [2.75, 3.05) is 38.5 Å². The largest absolute Gasteiger partial charge is 0.365 e. The number of aromatic amines is 1. The minimum Gasteiger partial charge on any atom is -0.365 e. The third-order valence-electron chi connectivity index (χ3n) is 5.09. The van der Waals surface area contributed by atoms with Crippen LogP contribution in [0.1, 0.15) is 15.9 Å². The van der Waals surface area contributed by atoms with Gasteiger partial charge in [0.05, 0.1) is 5.52 Å². The van der Waals surface area contributed by atoms with Crippen LogP contribution in [0.15, 0.2) is 48.5 Å². The predicted molar refractivity (Wildman–Crippen MR) is 114 cm³/mol. The molecule has 1 aromatic heterocycles. The number of para-hydroxylation sites is 1. The normalized spacial score (nSPS) is 15.0. The van der Waals surface area contributed by atoms with E-state index < -0.39 is 0 Å². The highest BCUT2D eigenvalue weighted by Gasteiger charge is 2.20. The van der Waals surface area contributed by atoms with Crippen molar-refractivity contribution in [3.63, 3.8) is 0 Å². The molecule has 1 saturated heterocycles. The van der Waals surface area contributed by atoms with E-state index in [1.54, 1.807) is 0 Å². The number of carbonyl (C=O) groups excluding carboxylic acids is 1. The zero-order chi connectivity index (χ0) is 19.5. The van der Waals surface area contributed by atoms with E-state index >= 15 is 0 Å². The molecule has 28 heavy (non-hydrogen) atoms.